The summed E-state index contributed by atoms with van der Waals surface area (Å²) in [6.45, 7) is 3.98. The normalized spacial score (nSPS) is 14.9. The van der Waals surface area contributed by atoms with Gasteiger partial charge < -0.3 is 4.90 Å². The Morgan fingerprint density at radius 1 is 1.04 bits per heavy atom. The van der Waals surface area contributed by atoms with Gasteiger partial charge in [-0.15, -0.1) is 11.8 Å². The SMILES string of the molecule is O=C(CSc1ccc([N+](=O)[O-])cc1)N1CCN(Cc2ccc(Cl)cc2)CC1. The minimum absolute atomic E-state index is 0.0579. The second kappa shape index (κ2) is 9.21. The van der Waals surface area contributed by atoms with E-state index in [9.17, 15) is 14.9 Å². The van der Waals surface area contributed by atoms with Crippen molar-refractivity contribution in [2.24, 2.45) is 0 Å². The van der Waals surface area contributed by atoms with Gasteiger partial charge in [0.1, 0.15) is 0 Å². The molecule has 0 spiro atoms. The summed E-state index contributed by atoms with van der Waals surface area (Å²) in [7, 11) is 0. The lowest BCUT2D eigenvalue weighted by Gasteiger charge is -2.34. The number of carbonyl (C=O) groups excluding carboxylic acids is 1. The first-order valence-electron chi connectivity index (χ1n) is 8.63. The molecule has 6 nitrogen and oxygen atoms in total. The minimum atomic E-state index is -0.427. The predicted molar refractivity (Wildman–Crippen MR) is 107 cm³/mol. The van der Waals surface area contributed by atoms with Crippen molar-refractivity contribution >= 4 is 35.0 Å². The lowest BCUT2D eigenvalue weighted by Crippen LogP contribution is -2.48. The molecule has 0 N–H and O–H groups in total. The summed E-state index contributed by atoms with van der Waals surface area (Å²) < 4.78 is 0. The van der Waals surface area contributed by atoms with E-state index in [0.717, 1.165) is 29.6 Å². The Balaban J connectivity index is 1.42. The van der Waals surface area contributed by atoms with Gasteiger partial charge in [0.25, 0.3) is 5.69 Å². The van der Waals surface area contributed by atoms with E-state index < -0.39 is 4.92 Å². The molecule has 1 aliphatic heterocycles. The van der Waals surface area contributed by atoms with E-state index in [-0.39, 0.29) is 11.6 Å². The number of piperazine rings is 1. The van der Waals surface area contributed by atoms with Crippen molar-refractivity contribution in [3.8, 4) is 0 Å². The first kappa shape index (κ1) is 19.7. The van der Waals surface area contributed by atoms with Crippen molar-refractivity contribution in [3.05, 3.63) is 69.2 Å². The number of rotatable bonds is 6. The summed E-state index contributed by atoms with van der Waals surface area (Å²) in [5, 5.41) is 11.4. The quantitative estimate of drug-likeness (QED) is 0.416. The Labute approximate surface area is 167 Å². The summed E-state index contributed by atoms with van der Waals surface area (Å²) in [5.74, 6) is 0.444. The maximum absolute atomic E-state index is 12.4. The Bertz CT molecular complexity index is 791. The van der Waals surface area contributed by atoms with Crippen LogP contribution >= 0.6 is 23.4 Å². The monoisotopic (exact) mass is 405 g/mol. The molecule has 1 aliphatic rings. The molecule has 0 radical (unpaired) electrons. The molecule has 0 bridgehead atoms. The molecule has 142 valence electrons. The highest BCUT2D eigenvalue weighted by Crippen LogP contribution is 2.22. The number of hydrogen-bond donors (Lipinski definition) is 0. The third kappa shape index (κ3) is 5.69. The van der Waals surface area contributed by atoms with E-state index in [2.05, 4.69) is 4.90 Å². The molecule has 1 saturated heterocycles. The van der Waals surface area contributed by atoms with Crippen molar-refractivity contribution in [3.63, 3.8) is 0 Å². The van der Waals surface area contributed by atoms with E-state index in [1.54, 1.807) is 12.1 Å². The average Bonchev–Trinajstić information content (AvgIpc) is 2.69. The van der Waals surface area contributed by atoms with Gasteiger partial charge in [-0.1, -0.05) is 23.7 Å². The average molecular weight is 406 g/mol. The van der Waals surface area contributed by atoms with E-state index in [1.807, 2.05) is 29.2 Å². The molecular formula is C19H20ClN3O3S. The van der Waals surface area contributed by atoms with Crippen molar-refractivity contribution in [1.29, 1.82) is 0 Å². The Kier molecular flexibility index (Phi) is 6.71. The van der Waals surface area contributed by atoms with Gasteiger partial charge in [-0.25, -0.2) is 0 Å². The highest BCUT2D eigenvalue weighted by Gasteiger charge is 2.21. The van der Waals surface area contributed by atoms with Crippen LogP contribution in [0, 0.1) is 10.1 Å². The van der Waals surface area contributed by atoms with Gasteiger partial charge in [0.05, 0.1) is 10.7 Å². The number of halogens is 1. The second-order valence-corrected chi connectivity index (χ2v) is 7.81. The number of thioether (sulfide) groups is 1. The number of non-ortho nitro benzene ring substituents is 1. The predicted octanol–water partition coefficient (Wildman–Crippen LogP) is 3.68. The largest absolute Gasteiger partial charge is 0.339 e. The lowest BCUT2D eigenvalue weighted by molar-refractivity contribution is -0.384. The van der Waals surface area contributed by atoms with E-state index in [1.165, 1.54) is 29.5 Å². The fraction of sp³-hybridized carbons (Fsp3) is 0.316. The van der Waals surface area contributed by atoms with Gasteiger partial charge in [-0.2, -0.15) is 0 Å². The van der Waals surface area contributed by atoms with Crippen LogP contribution in [-0.4, -0.2) is 52.6 Å². The van der Waals surface area contributed by atoms with E-state index in [0.29, 0.717) is 18.8 Å². The molecule has 0 aliphatic carbocycles. The second-order valence-electron chi connectivity index (χ2n) is 6.32. The molecule has 27 heavy (non-hydrogen) atoms. The van der Waals surface area contributed by atoms with Gasteiger partial charge in [-0.3, -0.25) is 19.8 Å². The fourth-order valence-electron chi connectivity index (χ4n) is 2.90. The van der Waals surface area contributed by atoms with Crippen LogP contribution in [0.5, 0.6) is 0 Å². The number of benzene rings is 2. The summed E-state index contributed by atoms with van der Waals surface area (Å²) in [4.78, 5) is 27.7. The summed E-state index contributed by atoms with van der Waals surface area (Å²) in [6, 6.07) is 14.1. The third-order valence-corrected chi connectivity index (χ3v) is 5.70. The Morgan fingerprint density at radius 3 is 2.26 bits per heavy atom. The third-order valence-electron chi connectivity index (χ3n) is 4.45. The van der Waals surface area contributed by atoms with Gasteiger partial charge in [0.15, 0.2) is 0 Å². The zero-order chi connectivity index (χ0) is 19.2. The molecule has 1 heterocycles. The van der Waals surface area contributed by atoms with Crippen LogP contribution < -0.4 is 0 Å². The van der Waals surface area contributed by atoms with Crippen LogP contribution in [-0.2, 0) is 11.3 Å². The molecule has 8 heteroatoms. The number of nitro benzene ring substituents is 1. The Hall–Kier alpha value is -2.09. The molecule has 3 rings (SSSR count). The lowest BCUT2D eigenvalue weighted by atomic mass is 10.2. The topological polar surface area (TPSA) is 66.7 Å². The molecule has 0 aromatic heterocycles. The molecule has 1 fully saturated rings. The smallest absolute Gasteiger partial charge is 0.269 e. The highest BCUT2D eigenvalue weighted by molar-refractivity contribution is 8.00. The van der Waals surface area contributed by atoms with Crippen molar-refractivity contribution in [2.45, 2.75) is 11.4 Å². The van der Waals surface area contributed by atoms with Gasteiger partial charge in [-0.05, 0) is 29.8 Å². The van der Waals surface area contributed by atoms with Crippen molar-refractivity contribution < 1.29 is 9.72 Å². The maximum Gasteiger partial charge on any atom is 0.269 e. The van der Waals surface area contributed by atoms with Crippen LogP contribution in [0.4, 0.5) is 5.69 Å². The fourth-order valence-corrected chi connectivity index (χ4v) is 3.83. The van der Waals surface area contributed by atoms with Crippen LogP contribution in [0.2, 0.25) is 5.02 Å². The van der Waals surface area contributed by atoms with Gasteiger partial charge in [0, 0.05) is 54.8 Å². The van der Waals surface area contributed by atoms with Crippen LogP contribution in [0.25, 0.3) is 0 Å². The number of nitrogens with zero attached hydrogens (tertiary/aromatic N) is 3. The summed E-state index contributed by atoms with van der Waals surface area (Å²) in [6.07, 6.45) is 0. The standard InChI is InChI=1S/C19H20ClN3O3S/c20-16-3-1-15(2-4-16)13-21-9-11-22(12-10-21)19(24)14-27-18-7-5-17(6-8-18)23(25)26/h1-8H,9-14H2. The van der Waals surface area contributed by atoms with Crippen molar-refractivity contribution in [2.75, 3.05) is 31.9 Å². The van der Waals surface area contributed by atoms with E-state index in [4.69, 9.17) is 11.6 Å². The number of hydrogen-bond acceptors (Lipinski definition) is 5. The molecular weight excluding hydrogens is 386 g/mol. The molecule has 2 aromatic carbocycles. The molecule has 1 amide bonds. The molecule has 2 aromatic rings. The Morgan fingerprint density at radius 2 is 1.67 bits per heavy atom. The number of nitro groups is 1. The molecule has 0 saturated carbocycles. The summed E-state index contributed by atoms with van der Waals surface area (Å²) in [5.41, 5.74) is 1.27. The molecule has 0 atom stereocenters. The summed E-state index contributed by atoms with van der Waals surface area (Å²) >= 11 is 7.32. The van der Waals surface area contributed by atoms with Gasteiger partial charge >= 0.3 is 0 Å². The number of amides is 1. The van der Waals surface area contributed by atoms with Gasteiger partial charge in [0.2, 0.25) is 5.91 Å². The van der Waals surface area contributed by atoms with Crippen LogP contribution in [0.3, 0.4) is 0 Å². The van der Waals surface area contributed by atoms with Crippen LogP contribution in [0.1, 0.15) is 5.56 Å². The molecule has 0 unspecified atom stereocenters. The zero-order valence-electron chi connectivity index (χ0n) is 14.7. The van der Waals surface area contributed by atoms with Crippen LogP contribution in [0.15, 0.2) is 53.4 Å². The van der Waals surface area contributed by atoms with Crippen molar-refractivity contribution in [1.82, 2.24) is 9.80 Å². The first-order valence-corrected chi connectivity index (χ1v) is 9.99. The van der Waals surface area contributed by atoms with E-state index >= 15 is 0 Å². The highest BCUT2D eigenvalue weighted by atomic mass is 35.5. The first-order chi connectivity index (χ1) is 13.0. The maximum atomic E-state index is 12.4. The zero-order valence-corrected chi connectivity index (χ0v) is 16.3. The minimum Gasteiger partial charge on any atom is -0.339 e. The number of carbonyl (C=O) groups is 1.